The van der Waals surface area contributed by atoms with Gasteiger partial charge >= 0.3 is 6.61 Å². The molecule has 0 atom stereocenters. The van der Waals surface area contributed by atoms with E-state index >= 15 is 0 Å². The molecule has 0 aliphatic rings. The molecule has 0 bridgehead atoms. The van der Waals surface area contributed by atoms with E-state index in [1.165, 1.54) is 18.3 Å². The van der Waals surface area contributed by atoms with Gasteiger partial charge in [-0.1, -0.05) is 30.3 Å². The van der Waals surface area contributed by atoms with E-state index in [4.69, 9.17) is 0 Å². The highest BCUT2D eigenvalue weighted by molar-refractivity contribution is 7.92. The van der Waals surface area contributed by atoms with E-state index in [0.717, 1.165) is 17.8 Å². The fourth-order valence-corrected chi connectivity index (χ4v) is 3.17. The predicted molar refractivity (Wildman–Crippen MR) is 87.9 cm³/mol. The van der Waals surface area contributed by atoms with Gasteiger partial charge in [-0.25, -0.2) is 13.4 Å². The summed E-state index contributed by atoms with van der Waals surface area (Å²) < 4.78 is 55.4. The van der Waals surface area contributed by atoms with Crippen molar-refractivity contribution in [3.05, 3.63) is 60.9 Å². The second-order valence-corrected chi connectivity index (χ2v) is 6.67. The number of alkyl halides is 2. The Morgan fingerprint density at radius 1 is 1.12 bits per heavy atom. The van der Waals surface area contributed by atoms with Crippen molar-refractivity contribution in [2.45, 2.75) is 11.5 Å². The van der Waals surface area contributed by atoms with Crippen LogP contribution in [0.5, 0.6) is 5.88 Å². The number of hydrogen-bond acceptors (Lipinski definition) is 4. The standard InChI is InChI=1S/C16H13F2N3O3S/c17-16(18)24-15-7-6-12(9-20-15)21-25(22,23)13-8-14(19-10-13)11-4-2-1-3-5-11/h1-10,16,19,21H. The van der Waals surface area contributed by atoms with Crippen LogP contribution in [0.3, 0.4) is 0 Å². The topological polar surface area (TPSA) is 84.1 Å². The van der Waals surface area contributed by atoms with Gasteiger partial charge in [-0.2, -0.15) is 8.78 Å². The molecule has 2 N–H and O–H groups in total. The van der Waals surface area contributed by atoms with E-state index in [2.05, 4.69) is 19.4 Å². The molecule has 1 aromatic carbocycles. The lowest BCUT2D eigenvalue weighted by Gasteiger charge is -2.07. The maximum absolute atomic E-state index is 12.4. The van der Waals surface area contributed by atoms with Gasteiger partial charge in [0.05, 0.1) is 11.9 Å². The van der Waals surface area contributed by atoms with Gasteiger partial charge in [0.1, 0.15) is 4.90 Å². The van der Waals surface area contributed by atoms with E-state index in [9.17, 15) is 17.2 Å². The average Bonchev–Trinajstić information content (AvgIpc) is 3.08. The fraction of sp³-hybridized carbons (Fsp3) is 0.0625. The van der Waals surface area contributed by atoms with Crippen LogP contribution in [0.25, 0.3) is 11.3 Å². The zero-order valence-electron chi connectivity index (χ0n) is 12.7. The number of aromatic amines is 1. The Kier molecular flexibility index (Phi) is 4.66. The maximum atomic E-state index is 12.4. The first-order valence-corrected chi connectivity index (χ1v) is 8.60. The highest BCUT2D eigenvalue weighted by Crippen LogP contribution is 2.23. The minimum absolute atomic E-state index is 0.0410. The molecule has 9 heteroatoms. The van der Waals surface area contributed by atoms with E-state index in [1.54, 1.807) is 0 Å². The summed E-state index contributed by atoms with van der Waals surface area (Å²) in [5, 5.41) is 0. The lowest BCUT2D eigenvalue weighted by atomic mass is 10.2. The van der Waals surface area contributed by atoms with Crippen LogP contribution in [0.4, 0.5) is 14.5 Å². The molecular formula is C16H13F2N3O3S. The van der Waals surface area contributed by atoms with Crippen molar-refractivity contribution in [3.8, 4) is 17.1 Å². The smallest absolute Gasteiger partial charge is 0.388 e. The van der Waals surface area contributed by atoms with E-state index in [-0.39, 0.29) is 16.5 Å². The zero-order valence-corrected chi connectivity index (χ0v) is 13.5. The van der Waals surface area contributed by atoms with Crippen LogP contribution in [0, 0.1) is 0 Å². The highest BCUT2D eigenvalue weighted by Gasteiger charge is 2.17. The lowest BCUT2D eigenvalue weighted by Crippen LogP contribution is -2.12. The summed E-state index contributed by atoms with van der Waals surface area (Å²) >= 11 is 0. The van der Waals surface area contributed by atoms with Gasteiger partial charge in [0.2, 0.25) is 5.88 Å². The summed E-state index contributed by atoms with van der Waals surface area (Å²) in [6, 6.07) is 13.2. The third-order valence-corrected chi connectivity index (χ3v) is 4.61. The summed E-state index contributed by atoms with van der Waals surface area (Å²) in [5.74, 6) is -0.300. The Morgan fingerprint density at radius 3 is 2.52 bits per heavy atom. The van der Waals surface area contributed by atoms with Crippen molar-refractivity contribution < 1.29 is 21.9 Å². The second-order valence-electron chi connectivity index (χ2n) is 4.98. The van der Waals surface area contributed by atoms with Crippen molar-refractivity contribution in [2.24, 2.45) is 0 Å². The van der Waals surface area contributed by atoms with Crippen LogP contribution in [-0.4, -0.2) is 25.0 Å². The number of sulfonamides is 1. The normalized spacial score (nSPS) is 11.5. The van der Waals surface area contributed by atoms with Crippen LogP contribution < -0.4 is 9.46 Å². The molecule has 0 amide bonds. The molecular weight excluding hydrogens is 352 g/mol. The summed E-state index contributed by atoms with van der Waals surface area (Å²) in [6.07, 6.45) is 2.46. The molecule has 0 unspecified atom stereocenters. The zero-order chi connectivity index (χ0) is 17.9. The van der Waals surface area contributed by atoms with E-state index < -0.39 is 16.6 Å². The number of aromatic nitrogens is 2. The number of H-pyrrole nitrogens is 1. The Balaban J connectivity index is 1.77. The van der Waals surface area contributed by atoms with Crippen LogP contribution in [0.2, 0.25) is 0 Å². The molecule has 25 heavy (non-hydrogen) atoms. The quantitative estimate of drug-likeness (QED) is 0.700. The third kappa shape index (κ3) is 4.13. The number of pyridine rings is 1. The predicted octanol–water partition coefficient (Wildman–Crippen LogP) is 3.48. The first-order chi connectivity index (χ1) is 11.9. The van der Waals surface area contributed by atoms with Crippen LogP contribution >= 0.6 is 0 Å². The fourth-order valence-electron chi connectivity index (χ4n) is 2.13. The number of anilines is 1. The number of ether oxygens (including phenoxy) is 1. The summed E-state index contributed by atoms with van der Waals surface area (Å²) in [4.78, 5) is 6.56. The third-order valence-electron chi connectivity index (χ3n) is 3.25. The van der Waals surface area contributed by atoms with Crippen molar-refractivity contribution >= 4 is 15.7 Å². The average molecular weight is 365 g/mol. The number of nitrogens with zero attached hydrogens (tertiary/aromatic N) is 1. The van der Waals surface area contributed by atoms with Gasteiger partial charge in [-0.3, -0.25) is 4.72 Å². The van der Waals surface area contributed by atoms with Crippen molar-refractivity contribution in [3.63, 3.8) is 0 Å². The SMILES string of the molecule is O=S(=O)(Nc1ccc(OC(F)F)nc1)c1c[nH]c(-c2ccccc2)c1. The van der Waals surface area contributed by atoms with Gasteiger partial charge in [0.25, 0.3) is 10.0 Å². The number of hydrogen-bond donors (Lipinski definition) is 2. The molecule has 6 nitrogen and oxygen atoms in total. The summed E-state index contributed by atoms with van der Waals surface area (Å²) in [6.45, 7) is -2.99. The molecule has 0 fully saturated rings. The molecule has 0 saturated heterocycles. The van der Waals surface area contributed by atoms with Gasteiger partial charge in [-0.15, -0.1) is 0 Å². The minimum atomic E-state index is -3.85. The molecule has 0 saturated carbocycles. The first kappa shape index (κ1) is 16.9. The van der Waals surface area contributed by atoms with Gasteiger partial charge in [-0.05, 0) is 17.7 Å². The number of rotatable bonds is 6. The Hall–Kier alpha value is -2.94. The van der Waals surface area contributed by atoms with Crippen molar-refractivity contribution in [1.82, 2.24) is 9.97 Å². The van der Waals surface area contributed by atoms with E-state index in [1.807, 2.05) is 30.3 Å². The Morgan fingerprint density at radius 2 is 1.88 bits per heavy atom. The van der Waals surface area contributed by atoms with Crippen LogP contribution in [0.1, 0.15) is 0 Å². The molecule has 0 aliphatic heterocycles. The lowest BCUT2D eigenvalue weighted by molar-refractivity contribution is -0.0528. The molecule has 0 aliphatic carbocycles. The van der Waals surface area contributed by atoms with Crippen molar-refractivity contribution in [2.75, 3.05) is 4.72 Å². The Labute approximate surface area is 142 Å². The molecule has 0 spiro atoms. The molecule has 3 rings (SSSR count). The number of nitrogens with one attached hydrogen (secondary N) is 2. The Bertz CT molecular complexity index is 942. The minimum Gasteiger partial charge on any atom is -0.417 e. The second kappa shape index (κ2) is 6.89. The molecule has 2 aromatic heterocycles. The van der Waals surface area contributed by atoms with Gasteiger partial charge in [0.15, 0.2) is 0 Å². The monoisotopic (exact) mass is 365 g/mol. The number of halogens is 2. The van der Waals surface area contributed by atoms with E-state index in [0.29, 0.717) is 5.69 Å². The molecule has 0 radical (unpaired) electrons. The highest BCUT2D eigenvalue weighted by atomic mass is 32.2. The first-order valence-electron chi connectivity index (χ1n) is 7.11. The summed E-state index contributed by atoms with van der Waals surface area (Å²) in [5.41, 5.74) is 1.63. The molecule has 130 valence electrons. The number of benzene rings is 1. The molecule has 3 aromatic rings. The van der Waals surface area contributed by atoms with Gasteiger partial charge in [0, 0.05) is 18.0 Å². The largest absolute Gasteiger partial charge is 0.417 e. The summed E-state index contributed by atoms with van der Waals surface area (Å²) in [7, 11) is -3.85. The molecule has 2 heterocycles. The van der Waals surface area contributed by atoms with Crippen LogP contribution in [0.15, 0.2) is 65.8 Å². The van der Waals surface area contributed by atoms with Gasteiger partial charge < -0.3 is 9.72 Å². The van der Waals surface area contributed by atoms with Crippen LogP contribution in [-0.2, 0) is 10.0 Å². The van der Waals surface area contributed by atoms with Crippen molar-refractivity contribution in [1.29, 1.82) is 0 Å². The maximum Gasteiger partial charge on any atom is 0.388 e.